The van der Waals surface area contributed by atoms with Crippen molar-refractivity contribution in [1.82, 2.24) is 0 Å². The molecule has 1 heterocycles. The predicted molar refractivity (Wildman–Crippen MR) is 57.9 cm³/mol. The second kappa shape index (κ2) is 3.81. The minimum absolute atomic E-state index is 0.353. The highest BCUT2D eigenvalue weighted by molar-refractivity contribution is 7.16. The molecule has 0 aromatic carbocycles. The molecule has 0 spiro atoms. The van der Waals surface area contributed by atoms with Crippen molar-refractivity contribution in [1.29, 1.82) is 0 Å². The van der Waals surface area contributed by atoms with Gasteiger partial charge in [0.15, 0.2) is 0 Å². The molecule has 4 heteroatoms. The molecule has 14 heavy (non-hydrogen) atoms. The van der Waals surface area contributed by atoms with E-state index in [9.17, 15) is 5.11 Å². The molecule has 1 fully saturated rings. The zero-order valence-corrected chi connectivity index (χ0v) is 9.57. The summed E-state index contributed by atoms with van der Waals surface area (Å²) in [6.07, 6.45) is 2.46. The molecule has 1 aliphatic rings. The van der Waals surface area contributed by atoms with Crippen LogP contribution < -0.4 is 0 Å². The van der Waals surface area contributed by atoms with Gasteiger partial charge in [-0.25, -0.2) is 0 Å². The first kappa shape index (κ1) is 10.4. The van der Waals surface area contributed by atoms with Gasteiger partial charge in [0.1, 0.15) is 6.10 Å². The van der Waals surface area contributed by atoms with E-state index in [1.165, 1.54) is 11.3 Å². The standard InChI is InChI=1S/C10H13ClO2S/c1-13-10(5-2-6-10)9(12)7-3-4-8(11)14-7/h3-4,9,12H,2,5-6H2,1H3. The molecule has 2 nitrogen and oxygen atoms in total. The Morgan fingerprint density at radius 1 is 1.57 bits per heavy atom. The van der Waals surface area contributed by atoms with Gasteiger partial charge in [-0.2, -0.15) is 0 Å². The van der Waals surface area contributed by atoms with Crippen molar-refractivity contribution < 1.29 is 9.84 Å². The van der Waals surface area contributed by atoms with Gasteiger partial charge < -0.3 is 9.84 Å². The molecule has 1 unspecified atom stereocenters. The minimum atomic E-state index is -0.529. The van der Waals surface area contributed by atoms with Crippen LogP contribution in [0, 0.1) is 0 Å². The third kappa shape index (κ3) is 1.58. The Morgan fingerprint density at radius 3 is 2.64 bits per heavy atom. The second-order valence-electron chi connectivity index (χ2n) is 3.67. The fourth-order valence-electron chi connectivity index (χ4n) is 1.85. The smallest absolute Gasteiger partial charge is 0.117 e. The number of thiophene rings is 1. The number of halogens is 1. The molecule has 0 amide bonds. The lowest BCUT2D eigenvalue weighted by molar-refractivity contribution is -0.150. The summed E-state index contributed by atoms with van der Waals surface area (Å²) in [5.74, 6) is 0. The van der Waals surface area contributed by atoms with Gasteiger partial charge in [0, 0.05) is 12.0 Å². The van der Waals surface area contributed by atoms with Crippen molar-refractivity contribution in [3.05, 3.63) is 21.3 Å². The highest BCUT2D eigenvalue weighted by Crippen LogP contribution is 2.46. The second-order valence-corrected chi connectivity index (χ2v) is 5.41. The van der Waals surface area contributed by atoms with Crippen LogP contribution in [0.1, 0.15) is 30.2 Å². The maximum atomic E-state index is 10.1. The van der Waals surface area contributed by atoms with Crippen LogP contribution in [0.15, 0.2) is 12.1 Å². The fourth-order valence-corrected chi connectivity index (χ4v) is 3.00. The van der Waals surface area contributed by atoms with Crippen molar-refractivity contribution in [3.8, 4) is 0 Å². The van der Waals surface area contributed by atoms with Crippen LogP contribution in [-0.4, -0.2) is 17.8 Å². The Bertz CT molecular complexity index is 314. The SMILES string of the molecule is COC1(C(O)c2ccc(Cl)s2)CCC1. The van der Waals surface area contributed by atoms with Gasteiger partial charge in [0.25, 0.3) is 0 Å². The Labute approximate surface area is 92.5 Å². The molecule has 2 rings (SSSR count). The summed E-state index contributed by atoms with van der Waals surface area (Å²) in [7, 11) is 1.66. The highest BCUT2D eigenvalue weighted by atomic mass is 35.5. The molecule has 0 radical (unpaired) electrons. The van der Waals surface area contributed by atoms with E-state index in [1.54, 1.807) is 7.11 Å². The van der Waals surface area contributed by atoms with E-state index in [0.29, 0.717) is 4.34 Å². The zero-order valence-electron chi connectivity index (χ0n) is 8.00. The van der Waals surface area contributed by atoms with E-state index in [0.717, 1.165) is 24.1 Å². The van der Waals surface area contributed by atoms with Crippen LogP contribution in [0.2, 0.25) is 4.34 Å². The number of hydrogen-bond acceptors (Lipinski definition) is 3. The fraction of sp³-hybridized carbons (Fsp3) is 0.600. The van der Waals surface area contributed by atoms with Crippen molar-refractivity contribution in [2.45, 2.75) is 31.0 Å². The van der Waals surface area contributed by atoms with Crippen molar-refractivity contribution >= 4 is 22.9 Å². The van der Waals surface area contributed by atoms with Crippen LogP contribution in [0.5, 0.6) is 0 Å². The normalized spacial score (nSPS) is 21.6. The summed E-state index contributed by atoms with van der Waals surface area (Å²) >= 11 is 7.25. The molecule has 0 saturated heterocycles. The van der Waals surface area contributed by atoms with Crippen LogP contribution in [0.4, 0.5) is 0 Å². The molecule has 0 bridgehead atoms. The lowest BCUT2D eigenvalue weighted by Gasteiger charge is -2.43. The molecule has 0 aliphatic heterocycles. The van der Waals surface area contributed by atoms with E-state index >= 15 is 0 Å². The average molecular weight is 233 g/mol. The van der Waals surface area contributed by atoms with E-state index < -0.39 is 6.10 Å². The van der Waals surface area contributed by atoms with E-state index in [1.807, 2.05) is 12.1 Å². The first-order valence-corrected chi connectivity index (χ1v) is 5.86. The zero-order chi connectivity index (χ0) is 10.2. The molecule has 1 saturated carbocycles. The Balaban J connectivity index is 2.18. The lowest BCUT2D eigenvalue weighted by atomic mass is 9.75. The van der Waals surface area contributed by atoms with Gasteiger partial charge in [0.2, 0.25) is 0 Å². The first-order valence-electron chi connectivity index (χ1n) is 4.66. The molecule has 78 valence electrons. The van der Waals surface area contributed by atoms with Gasteiger partial charge >= 0.3 is 0 Å². The van der Waals surface area contributed by atoms with Gasteiger partial charge in [-0.05, 0) is 31.4 Å². The Morgan fingerprint density at radius 2 is 2.29 bits per heavy atom. The molecule has 1 atom stereocenters. The average Bonchev–Trinajstić information content (AvgIpc) is 2.50. The monoisotopic (exact) mass is 232 g/mol. The van der Waals surface area contributed by atoms with Gasteiger partial charge in [-0.1, -0.05) is 11.6 Å². The number of hydrogen-bond donors (Lipinski definition) is 1. The van der Waals surface area contributed by atoms with Crippen LogP contribution >= 0.6 is 22.9 Å². The summed E-state index contributed by atoms with van der Waals surface area (Å²) in [6, 6.07) is 3.68. The van der Waals surface area contributed by atoms with Crippen molar-refractivity contribution in [2.75, 3.05) is 7.11 Å². The Kier molecular flexibility index (Phi) is 2.84. The maximum Gasteiger partial charge on any atom is 0.117 e. The van der Waals surface area contributed by atoms with Gasteiger partial charge in [-0.15, -0.1) is 11.3 Å². The van der Waals surface area contributed by atoms with E-state index in [4.69, 9.17) is 16.3 Å². The third-order valence-electron chi connectivity index (χ3n) is 2.97. The highest BCUT2D eigenvalue weighted by Gasteiger charge is 2.45. The molecule has 1 aliphatic carbocycles. The number of methoxy groups -OCH3 is 1. The summed E-state index contributed by atoms with van der Waals surface area (Å²) in [6.45, 7) is 0. The summed E-state index contributed by atoms with van der Waals surface area (Å²) in [5.41, 5.74) is -0.353. The number of rotatable bonds is 3. The van der Waals surface area contributed by atoms with Crippen LogP contribution in [-0.2, 0) is 4.74 Å². The van der Waals surface area contributed by atoms with Crippen molar-refractivity contribution in [2.24, 2.45) is 0 Å². The molecule has 1 aromatic rings. The summed E-state index contributed by atoms with van der Waals surface area (Å²) < 4.78 is 6.13. The first-order chi connectivity index (χ1) is 6.68. The number of aliphatic hydroxyl groups excluding tert-OH is 1. The number of ether oxygens (including phenoxy) is 1. The quantitative estimate of drug-likeness (QED) is 0.868. The number of aliphatic hydroxyl groups is 1. The molecular formula is C10H13ClO2S. The predicted octanol–water partition coefficient (Wildman–Crippen LogP) is 3.00. The topological polar surface area (TPSA) is 29.5 Å². The third-order valence-corrected chi connectivity index (χ3v) is 4.25. The minimum Gasteiger partial charge on any atom is -0.385 e. The Hall–Kier alpha value is -0.0900. The molecular weight excluding hydrogens is 220 g/mol. The maximum absolute atomic E-state index is 10.1. The van der Waals surface area contributed by atoms with E-state index in [-0.39, 0.29) is 5.60 Å². The van der Waals surface area contributed by atoms with Crippen LogP contribution in [0.25, 0.3) is 0 Å². The van der Waals surface area contributed by atoms with Crippen LogP contribution in [0.3, 0.4) is 0 Å². The summed E-state index contributed by atoms with van der Waals surface area (Å²) in [4.78, 5) is 0.900. The van der Waals surface area contributed by atoms with Gasteiger partial charge in [-0.3, -0.25) is 0 Å². The summed E-state index contributed by atoms with van der Waals surface area (Å²) in [5, 5.41) is 10.1. The van der Waals surface area contributed by atoms with E-state index in [2.05, 4.69) is 0 Å². The molecule has 1 N–H and O–H groups in total. The lowest BCUT2D eigenvalue weighted by Crippen LogP contribution is -2.44. The molecule has 1 aromatic heterocycles. The van der Waals surface area contributed by atoms with Gasteiger partial charge in [0.05, 0.1) is 9.94 Å². The largest absolute Gasteiger partial charge is 0.385 e. The van der Waals surface area contributed by atoms with Crippen molar-refractivity contribution in [3.63, 3.8) is 0 Å².